The monoisotopic (exact) mass is 339 g/mol. The minimum atomic E-state index is 0.729. The van der Waals surface area contributed by atoms with E-state index in [9.17, 15) is 0 Å². The van der Waals surface area contributed by atoms with Gasteiger partial charge in [0, 0.05) is 43.6 Å². The van der Waals surface area contributed by atoms with Crippen LogP contribution in [0.2, 0.25) is 0 Å². The Morgan fingerprint density at radius 1 is 1.16 bits per heavy atom. The van der Waals surface area contributed by atoms with Crippen molar-refractivity contribution in [2.45, 2.75) is 33.6 Å². The normalized spacial score (nSPS) is 17.4. The molecule has 1 atom stereocenters. The van der Waals surface area contributed by atoms with E-state index < -0.39 is 0 Å². The first-order valence-corrected chi connectivity index (χ1v) is 9.38. The number of anilines is 4. The molecule has 25 heavy (non-hydrogen) atoms. The Bertz CT molecular complexity index is 666. The smallest absolute Gasteiger partial charge is 0.135 e. The average Bonchev–Trinajstić information content (AvgIpc) is 2.64. The first-order valence-electron chi connectivity index (χ1n) is 9.38. The van der Waals surface area contributed by atoms with Crippen molar-refractivity contribution in [3.05, 3.63) is 36.7 Å². The standard InChI is InChI=1S/C20H29N5/c1-4-24(5-2)18-10-8-17(9-11-18)23-19-13-20(22-15-21-19)25-12-6-7-16(3)14-25/h8-11,13,15-16H,4-7,12,14H2,1-3H3,(H,21,22,23). The molecule has 1 aromatic heterocycles. The maximum Gasteiger partial charge on any atom is 0.135 e. The van der Waals surface area contributed by atoms with E-state index in [2.05, 4.69) is 76.2 Å². The van der Waals surface area contributed by atoms with Gasteiger partial charge in [-0.1, -0.05) is 6.92 Å². The van der Waals surface area contributed by atoms with Gasteiger partial charge in [-0.05, 0) is 56.9 Å². The zero-order chi connectivity index (χ0) is 17.6. The minimum absolute atomic E-state index is 0.729. The van der Waals surface area contributed by atoms with Gasteiger partial charge in [0.25, 0.3) is 0 Å². The van der Waals surface area contributed by atoms with Gasteiger partial charge in [0.1, 0.15) is 18.0 Å². The van der Waals surface area contributed by atoms with Crippen LogP contribution in [0.15, 0.2) is 36.7 Å². The summed E-state index contributed by atoms with van der Waals surface area (Å²) in [4.78, 5) is 13.5. The van der Waals surface area contributed by atoms with Crippen molar-refractivity contribution in [3.63, 3.8) is 0 Å². The number of nitrogens with one attached hydrogen (secondary N) is 1. The van der Waals surface area contributed by atoms with Crippen LogP contribution in [0.5, 0.6) is 0 Å². The number of hydrogen-bond donors (Lipinski definition) is 1. The van der Waals surface area contributed by atoms with Crippen LogP contribution in [-0.2, 0) is 0 Å². The molecule has 1 N–H and O–H groups in total. The molecular weight excluding hydrogens is 310 g/mol. The van der Waals surface area contributed by atoms with E-state index in [0.29, 0.717) is 0 Å². The summed E-state index contributed by atoms with van der Waals surface area (Å²) in [5.41, 5.74) is 2.30. The van der Waals surface area contributed by atoms with Gasteiger partial charge in [0.15, 0.2) is 0 Å². The number of benzene rings is 1. The second-order valence-corrected chi connectivity index (χ2v) is 6.80. The van der Waals surface area contributed by atoms with Gasteiger partial charge in [-0.2, -0.15) is 0 Å². The maximum atomic E-state index is 4.47. The molecule has 1 unspecified atom stereocenters. The summed E-state index contributed by atoms with van der Waals surface area (Å²) in [5, 5.41) is 3.40. The molecule has 5 heteroatoms. The van der Waals surface area contributed by atoms with Crippen LogP contribution in [0, 0.1) is 5.92 Å². The van der Waals surface area contributed by atoms with E-state index in [1.54, 1.807) is 6.33 Å². The Morgan fingerprint density at radius 2 is 1.92 bits per heavy atom. The molecule has 1 aliphatic heterocycles. The Labute approximate surface area is 151 Å². The molecule has 3 rings (SSSR count). The largest absolute Gasteiger partial charge is 0.372 e. The summed E-state index contributed by atoms with van der Waals surface area (Å²) in [7, 11) is 0. The predicted octanol–water partition coefficient (Wildman–Crippen LogP) is 4.30. The van der Waals surface area contributed by atoms with Crippen LogP contribution in [0.3, 0.4) is 0 Å². The van der Waals surface area contributed by atoms with Gasteiger partial charge in [0.2, 0.25) is 0 Å². The van der Waals surface area contributed by atoms with E-state index >= 15 is 0 Å². The fourth-order valence-corrected chi connectivity index (χ4v) is 3.48. The molecule has 0 bridgehead atoms. The summed E-state index contributed by atoms with van der Waals surface area (Å²) < 4.78 is 0. The third-order valence-corrected chi connectivity index (χ3v) is 4.90. The Morgan fingerprint density at radius 3 is 2.60 bits per heavy atom. The maximum absolute atomic E-state index is 4.47. The lowest BCUT2D eigenvalue weighted by Gasteiger charge is -2.31. The zero-order valence-corrected chi connectivity index (χ0v) is 15.6. The van der Waals surface area contributed by atoms with Crippen molar-refractivity contribution in [3.8, 4) is 0 Å². The van der Waals surface area contributed by atoms with Crippen LogP contribution in [0.4, 0.5) is 23.0 Å². The molecule has 2 aromatic rings. The highest BCUT2D eigenvalue weighted by Crippen LogP contribution is 2.24. The number of aromatic nitrogens is 2. The first-order chi connectivity index (χ1) is 12.2. The highest BCUT2D eigenvalue weighted by molar-refractivity contribution is 5.62. The van der Waals surface area contributed by atoms with Gasteiger partial charge < -0.3 is 15.1 Å². The summed E-state index contributed by atoms with van der Waals surface area (Å²) in [6.45, 7) is 10.9. The van der Waals surface area contributed by atoms with Crippen molar-refractivity contribution in [2.75, 3.05) is 41.3 Å². The highest BCUT2D eigenvalue weighted by Gasteiger charge is 2.17. The van der Waals surface area contributed by atoms with Crippen LogP contribution in [0.25, 0.3) is 0 Å². The third-order valence-electron chi connectivity index (χ3n) is 4.90. The molecular formula is C20H29N5. The van der Waals surface area contributed by atoms with Crippen LogP contribution in [-0.4, -0.2) is 36.1 Å². The van der Waals surface area contributed by atoms with Crippen molar-refractivity contribution in [1.82, 2.24) is 9.97 Å². The molecule has 0 aliphatic carbocycles. The summed E-state index contributed by atoms with van der Waals surface area (Å²) in [5.74, 6) is 2.59. The van der Waals surface area contributed by atoms with Gasteiger partial charge >= 0.3 is 0 Å². The van der Waals surface area contributed by atoms with Crippen LogP contribution >= 0.6 is 0 Å². The fraction of sp³-hybridized carbons (Fsp3) is 0.500. The van der Waals surface area contributed by atoms with E-state index in [4.69, 9.17) is 0 Å². The molecule has 1 aliphatic rings. The number of nitrogens with zero attached hydrogens (tertiary/aromatic N) is 4. The van der Waals surface area contributed by atoms with Crippen LogP contribution < -0.4 is 15.1 Å². The molecule has 1 aromatic carbocycles. The predicted molar refractivity (Wildman–Crippen MR) is 106 cm³/mol. The van der Waals surface area contributed by atoms with Crippen molar-refractivity contribution in [2.24, 2.45) is 5.92 Å². The van der Waals surface area contributed by atoms with Gasteiger partial charge in [-0.15, -0.1) is 0 Å². The molecule has 0 saturated carbocycles. The number of rotatable bonds is 6. The topological polar surface area (TPSA) is 44.3 Å². The summed E-state index contributed by atoms with van der Waals surface area (Å²) >= 11 is 0. The SMILES string of the molecule is CCN(CC)c1ccc(Nc2cc(N3CCCC(C)C3)ncn2)cc1. The zero-order valence-electron chi connectivity index (χ0n) is 15.6. The molecule has 0 amide bonds. The van der Waals surface area contributed by atoms with Gasteiger partial charge in [-0.25, -0.2) is 9.97 Å². The van der Waals surface area contributed by atoms with Crippen molar-refractivity contribution < 1.29 is 0 Å². The molecule has 1 saturated heterocycles. The quantitative estimate of drug-likeness (QED) is 0.850. The Kier molecular flexibility index (Phi) is 5.74. The van der Waals surface area contributed by atoms with Crippen molar-refractivity contribution in [1.29, 1.82) is 0 Å². The molecule has 0 radical (unpaired) electrons. The number of piperidine rings is 1. The lowest BCUT2D eigenvalue weighted by Crippen LogP contribution is -2.34. The highest BCUT2D eigenvalue weighted by atomic mass is 15.2. The number of hydrogen-bond acceptors (Lipinski definition) is 5. The lowest BCUT2D eigenvalue weighted by molar-refractivity contribution is 0.444. The van der Waals surface area contributed by atoms with E-state index in [1.807, 2.05) is 0 Å². The van der Waals surface area contributed by atoms with Crippen LogP contribution in [0.1, 0.15) is 33.6 Å². The summed E-state index contributed by atoms with van der Waals surface area (Å²) in [6, 6.07) is 10.6. The Balaban J connectivity index is 1.69. The fourth-order valence-electron chi connectivity index (χ4n) is 3.48. The minimum Gasteiger partial charge on any atom is -0.372 e. The molecule has 1 fully saturated rings. The third kappa shape index (κ3) is 4.41. The lowest BCUT2D eigenvalue weighted by atomic mass is 10.0. The van der Waals surface area contributed by atoms with Gasteiger partial charge in [0.05, 0.1) is 0 Å². The second-order valence-electron chi connectivity index (χ2n) is 6.80. The molecule has 2 heterocycles. The first kappa shape index (κ1) is 17.5. The molecule has 0 spiro atoms. The summed E-state index contributed by atoms with van der Waals surface area (Å²) in [6.07, 6.45) is 4.20. The molecule has 5 nitrogen and oxygen atoms in total. The van der Waals surface area contributed by atoms with E-state index in [-0.39, 0.29) is 0 Å². The molecule has 134 valence electrons. The van der Waals surface area contributed by atoms with E-state index in [1.165, 1.54) is 18.5 Å². The van der Waals surface area contributed by atoms with E-state index in [0.717, 1.165) is 49.4 Å². The average molecular weight is 339 g/mol. The Hall–Kier alpha value is -2.30. The van der Waals surface area contributed by atoms with Gasteiger partial charge in [-0.3, -0.25) is 0 Å². The van der Waals surface area contributed by atoms with Crippen molar-refractivity contribution >= 4 is 23.0 Å². The second kappa shape index (κ2) is 8.19.